The van der Waals surface area contributed by atoms with Gasteiger partial charge in [0, 0.05) is 6.54 Å². The van der Waals surface area contributed by atoms with Crippen LogP contribution in [0.1, 0.15) is 42.6 Å². The lowest BCUT2D eigenvalue weighted by Gasteiger charge is -2.16. The molecule has 29 heavy (non-hydrogen) atoms. The third kappa shape index (κ3) is 6.68. The van der Waals surface area contributed by atoms with Crippen LogP contribution in [0.3, 0.4) is 0 Å². The number of esters is 1. The Morgan fingerprint density at radius 1 is 1.10 bits per heavy atom. The number of halogens is 1. The van der Waals surface area contributed by atoms with Gasteiger partial charge in [-0.25, -0.2) is 4.79 Å². The lowest BCUT2D eigenvalue weighted by atomic mass is 10.0. The molecule has 0 radical (unpaired) electrons. The fourth-order valence-corrected chi connectivity index (χ4v) is 2.87. The third-order valence-corrected chi connectivity index (χ3v) is 4.41. The highest BCUT2D eigenvalue weighted by Crippen LogP contribution is 2.37. The average molecular weight is 420 g/mol. The van der Waals surface area contributed by atoms with Crippen molar-refractivity contribution in [3.05, 3.63) is 58.6 Å². The minimum absolute atomic E-state index is 0.110. The molecule has 0 unspecified atom stereocenters. The molecule has 2 rings (SSSR count). The number of carbonyl (C=O) groups excluding carboxylic acids is 2. The molecule has 1 atom stereocenters. The van der Waals surface area contributed by atoms with E-state index in [2.05, 4.69) is 5.32 Å². The highest BCUT2D eigenvalue weighted by Gasteiger charge is 2.18. The van der Waals surface area contributed by atoms with Crippen LogP contribution < -0.4 is 14.8 Å². The zero-order valence-corrected chi connectivity index (χ0v) is 17.8. The van der Waals surface area contributed by atoms with Crippen molar-refractivity contribution in [3.8, 4) is 11.5 Å². The van der Waals surface area contributed by atoms with E-state index in [0.717, 1.165) is 5.56 Å². The number of ether oxygens (including phenoxy) is 3. The lowest BCUT2D eigenvalue weighted by Crippen LogP contribution is -2.31. The molecule has 156 valence electrons. The first-order chi connectivity index (χ1) is 13.8. The van der Waals surface area contributed by atoms with E-state index in [-0.39, 0.29) is 35.1 Å². The first kappa shape index (κ1) is 22.6. The summed E-state index contributed by atoms with van der Waals surface area (Å²) >= 11 is 6.21. The Kier molecular flexibility index (Phi) is 8.34. The molecule has 2 aromatic rings. The molecular weight excluding hydrogens is 394 g/mol. The molecule has 1 N–H and O–H groups in total. The molecule has 0 fully saturated rings. The molecule has 0 saturated carbocycles. The topological polar surface area (TPSA) is 73.9 Å². The Morgan fingerprint density at radius 3 is 2.41 bits per heavy atom. The zero-order valence-electron chi connectivity index (χ0n) is 17.0. The predicted octanol–water partition coefficient (Wildman–Crippen LogP) is 4.21. The van der Waals surface area contributed by atoms with Crippen LogP contribution in [0.25, 0.3) is 0 Å². The van der Waals surface area contributed by atoms with E-state index < -0.39 is 5.97 Å². The molecular formula is C22H26ClNO5. The van der Waals surface area contributed by atoms with E-state index in [1.165, 1.54) is 19.2 Å². The Bertz CT molecular complexity index is 839. The quantitative estimate of drug-likeness (QED) is 0.616. The van der Waals surface area contributed by atoms with E-state index >= 15 is 0 Å². The smallest absolute Gasteiger partial charge is 0.338 e. The van der Waals surface area contributed by atoms with E-state index in [1.54, 1.807) is 0 Å². The molecule has 0 aliphatic carbocycles. The van der Waals surface area contributed by atoms with Gasteiger partial charge >= 0.3 is 5.97 Å². The van der Waals surface area contributed by atoms with E-state index in [0.29, 0.717) is 18.0 Å². The maximum absolute atomic E-state index is 12.3. The molecule has 6 nitrogen and oxygen atoms in total. The Morgan fingerprint density at radius 2 is 1.79 bits per heavy atom. The summed E-state index contributed by atoms with van der Waals surface area (Å²) in [6.45, 7) is 5.78. The number of methoxy groups -OCH3 is 1. The normalized spacial score (nSPS) is 11.7. The predicted molar refractivity (Wildman–Crippen MR) is 112 cm³/mol. The van der Waals surface area contributed by atoms with Crippen LogP contribution in [0, 0.1) is 0 Å². The van der Waals surface area contributed by atoms with Crippen LogP contribution in [0.2, 0.25) is 5.02 Å². The number of nitrogens with one attached hydrogen (secondary N) is 1. The molecule has 0 heterocycles. The zero-order chi connectivity index (χ0) is 21.4. The molecule has 0 saturated heterocycles. The summed E-state index contributed by atoms with van der Waals surface area (Å²) in [5.74, 6) is -0.230. The van der Waals surface area contributed by atoms with Gasteiger partial charge < -0.3 is 19.5 Å². The van der Waals surface area contributed by atoms with E-state index in [4.69, 9.17) is 25.8 Å². The van der Waals surface area contributed by atoms with Gasteiger partial charge in [-0.1, -0.05) is 48.9 Å². The molecule has 0 bridgehead atoms. The Labute approximate surface area is 176 Å². The maximum atomic E-state index is 12.3. The highest BCUT2D eigenvalue weighted by atomic mass is 35.5. The van der Waals surface area contributed by atoms with Gasteiger partial charge in [-0.3, -0.25) is 4.79 Å². The number of benzene rings is 2. The molecule has 7 heteroatoms. The van der Waals surface area contributed by atoms with E-state index in [1.807, 2.05) is 51.1 Å². The largest absolute Gasteiger partial charge is 0.493 e. The molecule has 2 aromatic carbocycles. The lowest BCUT2D eigenvalue weighted by molar-refractivity contribution is -0.124. The van der Waals surface area contributed by atoms with Gasteiger partial charge in [0.05, 0.1) is 23.8 Å². The van der Waals surface area contributed by atoms with Crippen molar-refractivity contribution in [1.29, 1.82) is 0 Å². The number of hydrogen-bond acceptors (Lipinski definition) is 5. The van der Waals surface area contributed by atoms with Gasteiger partial charge in [0.1, 0.15) is 0 Å². The van der Waals surface area contributed by atoms with Gasteiger partial charge in [-0.15, -0.1) is 0 Å². The fraction of sp³-hybridized carbons (Fsp3) is 0.364. The molecule has 0 aliphatic heterocycles. The maximum Gasteiger partial charge on any atom is 0.338 e. The number of hydrogen-bond donors (Lipinski definition) is 1. The Hall–Kier alpha value is -2.73. The van der Waals surface area contributed by atoms with Crippen LogP contribution in [-0.4, -0.2) is 38.2 Å². The second-order valence-electron chi connectivity index (χ2n) is 6.85. The summed E-state index contributed by atoms with van der Waals surface area (Å²) in [7, 11) is 1.45. The van der Waals surface area contributed by atoms with Gasteiger partial charge in [-0.05, 0) is 37.5 Å². The molecule has 1 amide bonds. The van der Waals surface area contributed by atoms with Crippen LogP contribution in [0.5, 0.6) is 11.5 Å². The summed E-state index contributed by atoms with van der Waals surface area (Å²) < 4.78 is 16.0. The van der Waals surface area contributed by atoms with Crippen molar-refractivity contribution in [3.63, 3.8) is 0 Å². The summed E-state index contributed by atoms with van der Waals surface area (Å²) in [6, 6.07) is 12.7. The molecule has 0 spiro atoms. The Balaban J connectivity index is 1.91. The SMILES string of the molecule is COc1cc(C(=O)OCC(=O)NC[C@H](C)c2ccccc2)cc(Cl)c1OC(C)C. The van der Waals surface area contributed by atoms with Crippen LogP contribution in [-0.2, 0) is 9.53 Å². The molecule has 0 aliphatic rings. The monoisotopic (exact) mass is 419 g/mol. The van der Waals surface area contributed by atoms with Gasteiger partial charge in [0.15, 0.2) is 18.1 Å². The van der Waals surface area contributed by atoms with Crippen molar-refractivity contribution in [2.45, 2.75) is 32.8 Å². The van der Waals surface area contributed by atoms with Crippen molar-refractivity contribution >= 4 is 23.5 Å². The minimum atomic E-state index is -0.674. The van der Waals surface area contributed by atoms with E-state index in [9.17, 15) is 9.59 Å². The van der Waals surface area contributed by atoms with Crippen molar-refractivity contribution in [2.75, 3.05) is 20.3 Å². The minimum Gasteiger partial charge on any atom is -0.493 e. The summed E-state index contributed by atoms with van der Waals surface area (Å²) in [4.78, 5) is 24.3. The fourth-order valence-electron chi connectivity index (χ4n) is 2.62. The second-order valence-corrected chi connectivity index (χ2v) is 7.26. The number of carbonyl (C=O) groups is 2. The standard InChI is InChI=1S/C22H26ClNO5/c1-14(2)29-21-18(23)10-17(11-19(21)27-4)22(26)28-13-20(25)24-12-15(3)16-8-6-5-7-9-16/h5-11,14-15H,12-13H2,1-4H3,(H,24,25)/t15-/m0/s1. The first-order valence-corrected chi connectivity index (χ1v) is 9.72. The van der Waals surface area contributed by atoms with Crippen molar-refractivity contribution in [2.24, 2.45) is 0 Å². The molecule has 0 aromatic heterocycles. The summed E-state index contributed by atoms with van der Waals surface area (Å²) in [6.07, 6.45) is -0.110. The third-order valence-electron chi connectivity index (χ3n) is 4.13. The average Bonchev–Trinajstić information content (AvgIpc) is 2.71. The van der Waals surface area contributed by atoms with Gasteiger partial charge in [-0.2, -0.15) is 0 Å². The number of amides is 1. The van der Waals surface area contributed by atoms with Crippen molar-refractivity contribution < 1.29 is 23.8 Å². The highest BCUT2D eigenvalue weighted by molar-refractivity contribution is 6.32. The van der Waals surface area contributed by atoms with Crippen molar-refractivity contribution in [1.82, 2.24) is 5.32 Å². The second kappa shape index (κ2) is 10.7. The number of rotatable bonds is 9. The first-order valence-electron chi connectivity index (χ1n) is 9.34. The van der Waals surface area contributed by atoms with Crippen LogP contribution in [0.4, 0.5) is 0 Å². The van der Waals surface area contributed by atoms with Crippen LogP contribution in [0.15, 0.2) is 42.5 Å². The van der Waals surface area contributed by atoms with Gasteiger partial charge in [0.2, 0.25) is 0 Å². The van der Waals surface area contributed by atoms with Gasteiger partial charge in [0.25, 0.3) is 5.91 Å². The van der Waals surface area contributed by atoms with Crippen LogP contribution >= 0.6 is 11.6 Å². The summed E-state index contributed by atoms with van der Waals surface area (Å²) in [5.41, 5.74) is 1.30. The summed E-state index contributed by atoms with van der Waals surface area (Å²) in [5, 5.41) is 2.99.